The Bertz CT molecular complexity index is 341. The molecule has 0 aliphatic rings. The molecule has 4 nitrogen and oxygen atoms in total. The summed E-state index contributed by atoms with van der Waals surface area (Å²) in [4.78, 5) is 26.0. The van der Waals surface area contributed by atoms with Crippen molar-refractivity contribution in [3.05, 3.63) is 28.0 Å². The summed E-state index contributed by atoms with van der Waals surface area (Å²) in [5.74, 6) is 0.686. The molecule has 12 heavy (non-hydrogen) atoms. The third-order valence-electron chi connectivity index (χ3n) is 1.54. The van der Waals surface area contributed by atoms with Crippen LogP contribution in [0.2, 0.25) is 0 Å². The average molecular weight is 166 g/mol. The number of H-pyrrole nitrogens is 1. The zero-order chi connectivity index (χ0) is 9.14. The molecular weight excluding hydrogens is 156 g/mol. The molecule has 0 saturated carbocycles. The van der Waals surface area contributed by atoms with E-state index in [1.807, 2.05) is 14.1 Å². The number of pyridine rings is 1. The van der Waals surface area contributed by atoms with Gasteiger partial charge in [0.25, 0.3) is 0 Å². The van der Waals surface area contributed by atoms with Crippen LogP contribution in [0.25, 0.3) is 0 Å². The molecule has 0 fully saturated rings. The van der Waals surface area contributed by atoms with Gasteiger partial charge in [-0.1, -0.05) is 0 Å². The third-order valence-corrected chi connectivity index (χ3v) is 1.54. The zero-order valence-corrected chi connectivity index (χ0v) is 7.00. The number of carbonyl (C=O) groups excluding carboxylic acids is 1. The minimum absolute atomic E-state index is 0.153. The Morgan fingerprint density at radius 1 is 1.50 bits per heavy atom. The van der Waals surface area contributed by atoms with Gasteiger partial charge in [0.2, 0.25) is 0 Å². The van der Waals surface area contributed by atoms with Crippen molar-refractivity contribution in [2.24, 2.45) is 0 Å². The van der Waals surface area contributed by atoms with Gasteiger partial charge in [0.05, 0.1) is 5.56 Å². The molecule has 0 unspecified atom stereocenters. The fourth-order valence-corrected chi connectivity index (χ4v) is 0.822. The van der Waals surface area contributed by atoms with Crippen LogP contribution in [0.5, 0.6) is 0 Å². The first-order valence-corrected chi connectivity index (χ1v) is 3.50. The van der Waals surface area contributed by atoms with E-state index in [0.29, 0.717) is 12.1 Å². The highest BCUT2D eigenvalue weighted by Crippen LogP contribution is 2.01. The third kappa shape index (κ3) is 1.53. The average Bonchev–Trinajstić information content (AvgIpc) is 2.04. The molecule has 1 heterocycles. The molecule has 0 aliphatic heterocycles. The van der Waals surface area contributed by atoms with Gasteiger partial charge >= 0.3 is 0 Å². The number of nitrogens with one attached hydrogen (secondary N) is 1. The van der Waals surface area contributed by atoms with Crippen LogP contribution < -0.4 is 10.3 Å². The van der Waals surface area contributed by atoms with Crippen molar-refractivity contribution in [1.29, 1.82) is 0 Å². The van der Waals surface area contributed by atoms with Crippen LogP contribution in [0.15, 0.2) is 17.1 Å². The summed E-state index contributed by atoms with van der Waals surface area (Å²) in [6.07, 6.45) is 1.95. The maximum Gasteiger partial charge on any atom is 0.194 e. The predicted octanol–water partition coefficient (Wildman–Crippen LogP) is 0.253. The highest BCUT2D eigenvalue weighted by Gasteiger charge is 2.00. The van der Waals surface area contributed by atoms with Crippen LogP contribution in [0.4, 0.5) is 5.82 Å². The van der Waals surface area contributed by atoms with Crippen molar-refractivity contribution >= 4 is 12.1 Å². The second kappa shape index (κ2) is 3.21. The summed E-state index contributed by atoms with van der Waals surface area (Å²) >= 11 is 0. The lowest BCUT2D eigenvalue weighted by Gasteiger charge is -2.10. The van der Waals surface area contributed by atoms with Crippen LogP contribution in [-0.4, -0.2) is 25.4 Å². The molecule has 64 valence electrons. The molecule has 0 atom stereocenters. The Hall–Kier alpha value is -1.58. The van der Waals surface area contributed by atoms with Crippen LogP contribution in [0.3, 0.4) is 0 Å². The standard InChI is InChI=1S/C8H10N2O2/c1-10(2)8-3-7(12)6(5-11)4-9-8/h3-5H,1-2H3,(H,9,12). The van der Waals surface area contributed by atoms with Gasteiger partial charge in [0, 0.05) is 26.4 Å². The van der Waals surface area contributed by atoms with Gasteiger partial charge in [0.1, 0.15) is 5.82 Å². The second-order valence-corrected chi connectivity index (χ2v) is 2.65. The Morgan fingerprint density at radius 3 is 2.58 bits per heavy atom. The van der Waals surface area contributed by atoms with Crippen molar-refractivity contribution in [3.8, 4) is 0 Å². The van der Waals surface area contributed by atoms with Gasteiger partial charge in [0.15, 0.2) is 11.7 Å². The molecule has 0 saturated heterocycles. The number of aromatic nitrogens is 1. The smallest absolute Gasteiger partial charge is 0.194 e. The number of hydrogen-bond donors (Lipinski definition) is 1. The fraction of sp³-hybridized carbons (Fsp3) is 0.250. The first kappa shape index (κ1) is 8.52. The molecule has 0 aliphatic carbocycles. The lowest BCUT2D eigenvalue weighted by Crippen LogP contribution is -2.16. The van der Waals surface area contributed by atoms with E-state index >= 15 is 0 Å². The highest BCUT2D eigenvalue weighted by molar-refractivity contribution is 5.74. The highest BCUT2D eigenvalue weighted by atomic mass is 16.1. The maximum absolute atomic E-state index is 11.1. The number of anilines is 1. The van der Waals surface area contributed by atoms with Gasteiger partial charge in [-0.25, -0.2) is 0 Å². The quantitative estimate of drug-likeness (QED) is 0.641. The molecule has 0 bridgehead atoms. The fourth-order valence-electron chi connectivity index (χ4n) is 0.822. The van der Waals surface area contributed by atoms with Crippen LogP contribution in [0.1, 0.15) is 10.4 Å². The van der Waals surface area contributed by atoms with Crippen LogP contribution >= 0.6 is 0 Å². The number of nitrogens with zero attached hydrogens (tertiary/aromatic N) is 1. The summed E-state index contributed by atoms with van der Waals surface area (Å²) in [6.45, 7) is 0. The van der Waals surface area contributed by atoms with E-state index in [2.05, 4.69) is 4.98 Å². The number of aromatic amines is 1. The van der Waals surface area contributed by atoms with E-state index in [0.717, 1.165) is 0 Å². The number of carbonyl (C=O) groups is 1. The summed E-state index contributed by atoms with van der Waals surface area (Å²) in [5.41, 5.74) is -0.104. The summed E-state index contributed by atoms with van der Waals surface area (Å²) in [7, 11) is 3.62. The van der Waals surface area contributed by atoms with E-state index in [4.69, 9.17) is 0 Å². The van der Waals surface area contributed by atoms with E-state index in [9.17, 15) is 9.59 Å². The molecule has 4 heteroatoms. The largest absolute Gasteiger partial charge is 0.364 e. The monoisotopic (exact) mass is 166 g/mol. The lowest BCUT2D eigenvalue weighted by molar-refractivity contribution is 0.112. The van der Waals surface area contributed by atoms with Crippen molar-refractivity contribution in [2.45, 2.75) is 0 Å². The second-order valence-electron chi connectivity index (χ2n) is 2.65. The van der Waals surface area contributed by atoms with Crippen molar-refractivity contribution in [3.63, 3.8) is 0 Å². The van der Waals surface area contributed by atoms with E-state index in [1.54, 1.807) is 4.90 Å². The molecule has 1 aromatic heterocycles. The van der Waals surface area contributed by atoms with E-state index in [1.165, 1.54) is 12.3 Å². The van der Waals surface area contributed by atoms with Gasteiger partial charge < -0.3 is 9.88 Å². The molecular formula is C8H10N2O2. The molecule has 1 aromatic rings. The topological polar surface area (TPSA) is 53.2 Å². The maximum atomic E-state index is 11.1. The van der Waals surface area contributed by atoms with Gasteiger partial charge in [-0.2, -0.15) is 0 Å². The zero-order valence-electron chi connectivity index (χ0n) is 7.00. The van der Waals surface area contributed by atoms with Gasteiger partial charge in [-0.05, 0) is 0 Å². The minimum Gasteiger partial charge on any atom is -0.364 e. The lowest BCUT2D eigenvalue weighted by atomic mass is 10.3. The first-order chi connectivity index (χ1) is 5.65. The number of rotatable bonds is 2. The normalized spacial score (nSPS) is 9.50. The summed E-state index contributed by atoms with van der Waals surface area (Å²) in [6, 6.07) is 1.39. The van der Waals surface area contributed by atoms with E-state index in [-0.39, 0.29) is 11.0 Å². The SMILES string of the molecule is CN(C)c1cc(=O)c(C=O)c[nH]1. The summed E-state index contributed by atoms with van der Waals surface area (Å²) in [5, 5.41) is 0. The van der Waals surface area contributed by atoms with Crippen molar-refractivity contribution < 1.29 is 4.79 Å². The summed E-state index contributed by atoms with van der Waals surface area (Å²) < 4.78 is 0. The van der Waals surface area contributed by atoms with Gasteiger partial charge in [-0.3, -0.25) is 9.59 Å². The van der Waals surface area contributed by atoms with Crippen LogP contribution in [0, 0.1) is 0 Å². The van der Waals surface area contributed by atoms with Crippen LogP contribution in [-0.2, 0) is 0 Å². The van der Waals surface area contributed by atoms with E-state index < -0.39 is 0 Å². The Balaban J connectivity index is 3.19. The molecule has 1 N–H and O–H groups in total. The Kier molecular flexibility index (Phi) is 2.28. The van der Waals surface area contributed by atoms with Gasteiger partial charge in [-0.15, -0.1) is 0 Å². The van der Waals surface area contributed by atoms with Crippen molar-refractivity contribution in [1.82, 2.24) is 4.98 Å². The molecule has 1 rings (SSSR count). The molecule has 0 amide bonds. The Morgan fingerprint density at radius 2 is 2.17 bits per heavy atom. The Labute approximate surface area is 69.8 Å². The minimum atomic E-state index is -0.257. The van der Waals surface area contributed by atoms with Crippen molar-refractivity contribution in [2.75, 3.05) is 19.0 Å². The predicted molar refractivity (Wildman–Crippen MR) is 46.8 cm³/mol. The molecule has 0 spiro atoms. The number of aldehydes is 1. The first-order valence-electron chi connectivity index (χ1n) is 3.50. The molecule has 0 aromatic carbocycles. The number of hydrogen-bond acceptors (Lipinski definition) is 3. The molecule has 0 radical (unpaired) electrons.